The van der Waals surface area contributed by atoms with Crippen LogP contribution in [0.15, 0.2) is 59.1 Å². The fourth-order valence-corrected chi connectivity index (χ4v) is 6.57. The lowest BCUT2D eigenvalue weighted by Crippen LogP contribution is -2.49. The molecule has 0 radical (unpaired) electrons. The molecular formula is C28H29BrN2O3. The molecular weight excluding hydrogens is 492 g/mol. The van der Waals surface area contributed by atoms with Gasteiger partial charge in [-0.15, -0.1) is 0 Å². The van der Waals surface area contributed by atoms with Crippen LogP contribution in [-0.2, 0) is 33.6 Å². The molecule has 5 nitrogen and oxygen atoms in total. The second kappa shape index (κ2) is 9.14. The van der Waals surface area contributed by atoms with Crippen molar-refractivity contribution in [1.29, 1.82) is 0 Å². The minimum atomic E-state index is -0.884. The number of fused-ring (bicyclic) bond motifs is 5. The van der Waals surface area contributed by atoms with Crippen LogP contribution in [0.4, 0.5) is 5.69 Å². The lowest BCUT2D eigenvalue weighted by molar-refractivity contribution is -0.147. The van der Waals surface area contributed by atoms with Crippen molar-refractivity contribution in [2.45, 2.75) is 45.6 Å². The van der Waals surface area contributed by atoms with Crippen molar-refractivity contribution in [3.63, 3.8) is 0 Å². The Balaban J connectivity index is 1.50. The van der Waals surface area contributed by atoms with Crippen LogP contribution < -0.4 is 5.32 Å². The second-order valence-corrected chi connectivity index (χ2v) is 10.5. The molecule has 34 heavy (non-hydrogen) atoms. The van der Waals surface area contributed by atoms with E-state index in [-0.39, 0.29) is 41.4 Å². The fraction of sp³-hybridized carbons (Fsp3) is 0.393. The summed E-state index contributed by atoms with van der Waals surface area (Å²) in [4.78, 5) is 42.2. The van der Waals surface area contributed by atoms with Crippen LogP contribution in [0.3, 0.4) is 0 Å². The molecule has 3 amide bonds. The number of nitrogens with zero attached hydrogens (tertiary/aromatic N) is 1. The number of benzene rings is 2. The number of likely N-dealkylation sites (tertiary alicyclic amines) is 1. The lowest BCUT2D eigenvalue weighted by Gasteiger charge is -2.28. The summed E-state index contributed by atoms with van der Waals surface area (Å²) in [5.74, 6) is -1.10. The van der Waals surface area contributed by atoms with Crippen LogP contribution >= 0.6 is 15.9 Å². The number of amides is 3. The molecule has 5 rings (SSSR count). The van der Waals surface area contributed by atoms with E-state index in [0.29, 0.717) is 6.42 Å². The number of aryl methyl sites for hydroxylation is 2. The quantitative estimate of drug-likeness (QED) is 0.415. The van der Waals surface area contributed by atoms with Crippen LogP contribution in [0.1, 0.15) is 37.0 Å². The van der Waals surface area contributed by atoms with Gasteiger partial charge in [0.05, 0.1) is 11.8 Å². The van der Waals surface area contributed by atoms with Gasteiger partial charge >= 0.3 is 0 Å². The topological polar surface area (TPSA) is 66.5 Å². The summed E-state index contributed by atoms with van der Waals surface area (Å²) in [7, 11) is 0. The molecule has 1 saturated heterocycles. The van der Waals surface area contributed by atoms with Crippen LogP contribution in [0.2, 0.25) is 0 Å². The monoisotopic (exact) mass is 520 g/mol. The molecule has 2 aromatic carbocycles. The highest BCUT2D eigenvalue weighted by Gasteiger charge is 2.61. The Morgan fingerprint density at radius 2 is 1.56 bits per heavy atom. The maximum Gasteiger partial charge on any atom is 0.248 e. The highest BCUT2D eigenvalue weighted by molar-refractivity contribution is 9.10. The summed E-state index contributed by atoms with van der Waals surface area (Å²) in [6.45, 7) is 4.10. The number of carbonyl (C=O) groups excluding carboxylic acids is 3. The summed E-state index contributed by atoms with van der Waals surface area (Å²) in [5.41, 5.74) is 3.76. The van der Waals surface area contributed by atoms with Crippen molar-refractivity contribution in [1.82, 2.24) is 4.90 Å². The van der Waals surface area contributed by atoms with Gasteiger partial charge in [0.15, 0.2) is 0 Å². The highest BCUT2D eigenvalue weighted by atomic mass is 79.9. The molecule has 176 valence electrons. The van der Waals surface area contributed by atoms with Crippen molar-refractivity contribution in [3.05, 3.63) is 75.8 Å². The molecule has 2 aliphatic carbocycles. The third-order valence-electron chi connectivity index (χ3n) is 7.67. The van der Waals surface area contributed by atoms with E-state index >= 15 is 0 Å². The minimum absolute atomic E-state index is 0.113. The Kier molecular flexibility index (Phi) is 6.19. The third kappa shape index (κ3) is 3.82. The van der Waals surface area contributed by atoms with Gasteiger partial charge in [-0.3, -0.25) is 19.3 Å². The smallest absolute Gasteiger partial charge is 0.248 e. The normalized spacial score (nSPS) is 25.7. The number of allylic oxidation sites excluding steroid dienone is 2. The molecule has 0 spiro atoms. The van der Waals surface area contributed by atoms with E-state index in [1.807, 2.05) is 42.5 Å². The molecule has 0 unspecified atom stereocenters. The van der Waals surface area contributed by atoms with Gasteiger partial charge in [0.25, 0.3) is 0 Å². The summed E-state index contributed by atoms with van der Waals surface area (Å²) >= 11 is 3.57. The SMILES string of the molecule is CCc1cc(Br)cc(CC)c1NC(=O)[C@@H](Cc1ccccc1)N1C(=O)[C@@H]2[C@H](C1=O)[C@@H]1C=C[C@H]2C1. The van der Waals surface area contributed by atoms with Gasteiger partial charge in [-0.25, -0.2) is 0 Å². The van der Waals surface area contributed by atoms with Crippen molar-refractivity contribution in [3.8, 4) is 0 Å². The molecule has 2 bridgehead atoms. The molecule has 1 saturated carbocycles. The van der Waals surface area contributed by atoms with E-state index in [9.17, 15) is 14.4 Å². The van der Waals surface area contributed by atoms with Crippen molar-refractivity contribution in [2.24, 2.45) is 23.7 Å². The lowest BCUT2D eigenvalue weighted by atomic mass is 9.85. The molecule has 3 aliphatic rings. The summed E-state index contributed by atoms with van der Waals surface area (Å²) in [6, 6.07) is 12.8. The number of hydrogen-bond donors (Lipinski definition) is 1. The molecule has 6 heteroatoms. The standard InChI is InChI=1S/C28H29BrN2O3/c1-3-17-14-21(29)15-18(4-2)25(17)30-26(32)22(12-16-8-6-5-7-9-16)31-27(33)23-19-10-11-20(13-19)24(23)28(31)34/h5-11,14-15,19-20,22-24H,3-4,12-13H2,1-2H3,(H,30,32)/t19-,20+,22-,23-,24+/m1/s1. The average molecular weight is 521 g/mol. The third-order valence-corrected chi connectivity index (χ3v) is 8.12. The number of halogens is 1. The molecule has 2 aromatic rings. The Morgan fingerprint density at radius 3 is 2.09 bits per heavy atom. The number of carbonyl (C=O) groups is 3. The minimum Gasteiger partial charge on any atom is -0.324 e. The van der Waals surface area contributed by atoms with E-state index in [1.54, 1.807) is 0 Å². The Bertz CT molecular complexity index is 1120. The number of imide groups is 1. The van der Waals surface area contributed by atoms with Gasteiger partial charge in [-0.1, -0.05) is 72.3 Å². The van der Waals surface area contributed by atoms with Crippen LogP contribution in [-0.4, -0.2) is 28.7 Å². The second-order valence-electron chi connectivity index (χ2n) is 9.55. The van der Waals surface area contributed by atoms with Crippen LogP contribution in [0, 0.1) is 23.7 Å². The van der Waals surface area contributed by atoms with Crippen molar-refractivity contribution >= 4 is 39.3 Å². The van der Waals surface area contributed by atoms with Gasteiger partial charge in [0.2, 0.25) is 17.7 Å². The van der Waals surface area contributed by atoms with E-state index in [4.69, 9.17) is 0 Å². The largest absolute Gasteiger partial charge is 0.324 e. The predicted octanol–water partition coefficient (Wildman–Crippen LogP) is 4.93. The van der Waals surface area contributed by atoms with E-state index < -0.39 is 6.04 Å². The van der Waals surface area contributed by atoms with Crippen molar-refractivity contribution in [2.75, 3.05) is 5.32 Å². The van der Waals surface area contributed by atoms with Gasteiger partial charge in [0, 0.05) is 16.6 Å². The first-order valence-corrected chi connectivity index (χ1v) is 12.9. The Morgan fingerprint density at radius 1 is 1.00 bits per heavy atom. The average Bonchev–Trinajstić information content (AvgIpc) is 3.53. The van der Waals surface area contributed by atoms with E-state index in [1.165, 1.54) is 4.90 Å². The van der Waals surface area contributed by atoms with Crippen LogP contribution in [0.25, 0.3) is 0 Å². The Labute approximate surface area is 208 Å². The van der Waals surface area contributed by atoms with E-state index in [0.717, 1.165) is 46.1 Å². The molecule has 1 heterocycles. The molecule has 1 N–H and O–H groups in total. The zero-order chi connectivity index (χ0) is 24.0. The first-order valence-electron chi connectivity index (χ1n) is 12.1. The zero-order valence-electron chi connectivity index (χ0n) is 19.5. The number of rotatable bonds is 7. The van der Waals surface area contributed by atoms with Gasteiger partial charge < -0.3 is 5.32 Å². The fourth-order valence-electron chi connectivity index (χ4n) is 6.02. The van der Waals surface area contributed by atoms with Crippen molar-refractivity contribution < 1.29 is 14.4 Å². The molecule has 2 fully saturated rings. The summed E-state index contributed by atoms with van der Waals surface area (Å²) < 4.78 is 0.973. The molecule has 0 aromatic heterocycles. The van der Waals surface area contributed by atoms with Gasteiger partial charge in [-0.2, -0.15) is 0 Å². The first kappa shape index (κ1) is 23.0. The molecule has 1 aliphatic heterocycles. The van der Waals surface area contributed by atoms with E-state index in [2.05, 4.69) is 47.2 Å². The summed E-state index contributed by atoms with van der Waals surface area (Å²) in [5, 5.41) is 3.13. The number of anilines is 1. The van der Waals surface area contributed by atoms with Crippen LogP contribution in [0.5, 0.6) is 0 Å². The maximum atomic E-state index is 13.8. The van der Waals surface area contributed by atoms with Gasteiger partial charge in [-0.05, 0) is 59.9 Å². The highest BCUT2D eigenvalue weighted by Crippen LogP contribution is 2.53. The molecule has 5 atom stereocenters. The summed E-state index contributed by atoms with van der Waals surface area (Å²) in [6.07, 6.45) is 6.84. The maximum absolute atomic E-state index is 13.8. The Hall–Kier alpha value is -2.73. The van der Waals surface area contributed by atoms with Gasteiger partial charge in [0.1, 0.15) is 6.04 Å². The first-order chi connectivity index (χ1) is 16.4. The number of nitrogens with one attached hydrogen (secondary N) is 1. The number of hydrogen-bond acceptors (Lipinski definition) is 3. The predicted molar refractivity (Wildman–Crippen MR) is 135 cm³/mol. The zero-order valence-corrected chi connectivity index (χ0v) is 21.0.